The zero-order chi connectivity index (χ0) is 20.9. The zero-order valence-electron chi connectivity index (χ0n) is 16.3. The van der Waals surface area contributed by atoms with Crippen LogP contribution in [0.3, 0.4) is 0 Å². The molecule has 1 saturated carbocycles. The minimum Gasteiger partial charge on any atom is -0.356 e. The third kappa shape index (κ3) is 5.74. The van der Waals surface area contributed by atoms with Crippen LogP contribution >= 0.6 is 11.8 Å². The van der Waals surface area contributed by atoms with Crippen LogP contribution in [0.25, 0.3) is 0 Å². The molecular weight excluding hydrogens is 401 g/mol. The van der Waals surface area contributed by atoms with Crippen molar-refractivity contribution in [1.29, 1.82) is 0 Å². The van der Waals surface area contributed by atoms with Crippen LogP contribution < -0.4 is 5.32 Å². The van der Waals surface area contributed by atoms with Crippen molar-refractivity contribution in [3.63, 3.8) is 0 Å². The molecule has 0 atom stereocenters. The highest BCUT2D eigenvalue weighted by atomic mass is 32.2. The molecule has 0 spiro atoms. The number of carbonyl (C=O) groups is 1. The maximum atomic E-state index is 12.6. The van der Waals surface area contributed by atoms with E-state index < -0.39 is 11.7 Å². The van der Waals surface area contributed by atoms with Gasteiger partial charge < -0.3 is 9.88 Å². The smallest absolute Gasteiger partial charge is 0.356 e. The average molecular weight is 427 g/mol. The molecule has 5 nitrogen and oxygen atoms in total. The normalized spacial score (nSPS) is 15.0. The summed E-state index contributed by atoms with van der Waals surface area (Å²) in [6.07, 6.45) is 3.93. The van der Waals surface area contributed by atoms with E-state index in [9.17, 15) is 18.0 Å². The fourth-order valence-electron chi connectivity index (χ4n) is 3.68. The first-order valence-corrected chi connectivity index (χ1v) is 11.0. The van der Waals surface area contributed by atoms with Gasteiger partial charge in [0.1, 0.15) is 5.82 Å². The number of carbonyl (C=O) groups excluding carboxylic acids is 1. The van der Waals surface area contributed by atoms with E-state index in [-0.39, 0.29) is 12.3 Å². The van der Waals surface area contributed by atoms with Crippen LogP contribution in [-0.4, -0.2) is 33.5 Å². The number of hydrogen-bond donors (Lipinski definition) is 1. The highest BCUT2D eigenvalue weighted by molar-refractivity contribution is 7.98. The lowest BCUT2D eigenvalue weighted by Gasteiger charge is -2.16. The lowest BCUT2D eigenvalue weighted by molar-refractivity contribution is -0.137. The molecule has 0 unspecified atom stereocenters. The topological polar surface area (TPSA) is 59.8 Å². The molecule has 0 aliphatic heterocycles. The second kappa shape index (κ2) is 9.65. The Morgan fingerprint density at radius 1 is 1.21 bits per heavy atom. The molecule has 0 saturated heterocycles. The van der Waals surface area contributed by atoms with Gasteiger partial charge in [0.15, 0.2) is 5.16 Å². The molecule has 0 bridgehead atoms. The largest absolute Gasteiger partial charge is 0.416 e. The Morgan fingerprint density at radius 3 is 2.52 bits per heavy atom. The first-order chi connectivity index (χ1) is 13.9. The summed E-state index contributed by atoms with van der Waals surface area (Å²) in [7, 11) is 0. The fourth-order valence-corrected chi connectivity index (χ4v) is 4.25. The number of benzene rings is 1. The van der Waals surface area contributed by atoms with Gasteiger partial charge in [-0.05, 0) is 43.2 Å². The van der Waals surface area contributed by atoms with Crippen LogP contribution in [0, 0.1) is 0 Å². The Labute approximate surface area is 172 Å². The van der Waals surface area contributed by atoms with Crippen LogP contribution in [0.15, 0.2) is 29.4 Å². The van der Waals surface area contributed by atoms with Gasteiger partial charge in [-0.3, -0.25) is 4.79 Å². The molecule has 1 aromatic carbocycles. The van der Waals surface area contributed by atoms with Gasteiger partial charge in [0.05, 0.1) is 12.0 Å². The van der Waals surface area contributed by atoms with Crippen molar-refractivity contribution in [1.82, 2.24) is 20.1 Å². The quantitative estimate of drug-likeness (QED) is 0.501. The lowest BCUT2D eigenvalue weighted by Crippen LogP contribution is -2.26. The van der Waals surface area contributed by atoms with Gasteiger partial charge in [-0.1, -0.05) is 36.7 Å². The molecule has 1 N–H and O–H groups in total. The molecule has 1 aromatic heterocycles. The summed E-state index contributed by atoms with van der Waals surface area (Å²) in [5.74, 6) is 0.755. The summed E-state index contributed by atoms with van der Waals surface area (Å²) in [5.41, 5.74) is -0.154. The molecule has 3 rings (SSSR count). The summed E-state index contributed by atoms with van der Waals surface area (Å²) in [6.45, 7) is 0.492. The Bertz CT molecular complexity index is 814. The summed E-state index contributed by atoms with van der Waals surface area (Å²) >= 11 is 1.60. The molecular formula is C20H25F3N4OS. The molecule has 1 heterocycles. The number of rotatable bonds is 8. The van der Waals surface area contributed by atoms with Crippen molar-refractivity contribution in [3.8, 4) is 0 Å². The first kappa shape index (κ1) is 21.7. The van der Waals surface area contributed by atoms with Crippen LogP contribution in [0.4, 0.5) is 13.2 Å². The summed E-state index contributed by atoms with van der Waals surface area (Å²) in [5, 5.41) is 12.4. The average Bonchev–Trinajstić information content (AvgIpc) is 3.34. The number of amides is 1. The van der Waals surface area contributed by atoms with Crippen molar-refractivity contribution in [2.24, 2.45) is 0 Å². The van der Waals surface area contributed by atoms with E-state index in [1.165, 1.54) is 25.0 Å². The van der Waals surface area contributed by atoms with Crippen molar-refractivity contribution in [2.75, 3.05) is 12.8 Å². The molecule has 9 heteroatoms. The van der Waals surface area contributed by atoms with Crippen LogP contribution in [-0.2, 0) is 23.8 Å². The second-order valence-corrected chi connectivity index (χ2v) is 8.01. The molecule has 158 valence electrons. The minimum atomic E-state index is -4.37. The van der Waals surface area contributed by atoms with Crippen molar-refractivity contribution in [2.45, 2.75) is 62.3 Å². The number of aryl methyl sites for hydroxylation is 1. The third-order valence-electron chi connectivity index (χ3n) is 5.15. The maximum absolute atomic E-state index is 12.6. The zero-order valence-corrected chi connectivity index (χ0v) is 17.2. The highest BCUT2D eigenvalue weighted by Crippen LogP contribution is 2.33. The van der Waals surface area contributed by atoms with Gasteiger partial charge in [0.25, 0.3) is 0 Å². The van der Waals surface area contributed by atoms with E-state index in [1.54, 1.807) is 11.8 Å². The van der Waals surface area contributed by atoms with Crippen molar-refractivity contribution >= 4 is 17.7 Å². The number of halogens is 3. The predicted octanol–water partition coefficient (Wildman–Crippen LogP) is 4.43. The van der Waals surface area contributed by atoms with Crippen LogP contribution in [0.1, 0.15) is 55.1 Å². The van der Waals surface area contributed by atoms with Gasteiger partial charge in [0.2, 0.25) is 5.91 Å². The van der Waals surface area contributed by atoms with Gasteiger partial charge in [-0.15, -0.1) is 10.2 Å². The summed E-state index contributed by atoms with van der Waals surface area (Å²) in [6, 6.07) is 5.16. The van der Waals surface area contributed by atoms with Crippen LogP contribution in [0.2, 0.25) is 0 Å². The minimum absolute atomic E-state index is 0.0625. The maximum Gasteiger partial charge on any atom is 0.416 e. The van der Waals surface area contributed by atoms with Gasteiger partial charge in [-0.2, -0.15) is 13.2 Å². The number of nitrogens with zero attached hydrogens (tertiary/aromatic N) is 3. The Morgan fingerprint density at radius 2 is 1.90 bits per heavy atom. The number of aromatic nitrogens is 3. The SMILES string of the molecule is CSc1nnc(CCCNC(=O)Cc2ccc(C(F)(F)F)cc2)n1C1CCCC1. The van der Waals surface area contributed by atoms with Crippen LogP contribution in [0.5, 0.6) is 0 Å². The predicted molar refractivity (Wildman–Crippen MR) is 106 cm³/mol. The summed E-state index contributed by atoms with van der Waals surface area (Å²) in [4.78, 5) is 12.1. The first-order valence-electron chi connectivity index (χ1n) is 9.79. The molecule has 1 amide bonds. The molecule has 1 aliphatic rings. The third-order valence-corrected chi connectivity index (χ3v) is 5.80. The molecule has 1 aliphatic carbocycles. The second-order valence-electron chi connectivity index (χ2n) is 7.24. The standard InChI is InChI=1S/C20H25F3N4OS/c1-29-19-26-25-17(27(19)16-5-2-3-6-16)7-4-12-24-18(28)13-14-8-10-15(11-9-14)20(21,22)23/h8-11,16H,2-7,12-13H2,1H3,(H,24,28). The van der Waals surface area contributed by atoms with Crippen molar-refractivity contribution in [3.05, 3.63) is 41.2 Å². The number of thioether (sulfide) groups is 1. The van der Waals surface area contributed by atoms with Gasteiger partial charge >= 0.3 is 6.18 Å². The van der Waals surface area contributed by atoms with E-state index in [1.807, 2.05) is 6.26 Å². The lowest BCUT2D eigenvalue weighted by atomic mass is 10.1. The van der Waals surface area contributed by atoms with E-state index in [4.69, 9.17) is 0 Å². The monoisotopic (exact) mass is 426 g/mol. The highest BCUT2D eigenvalue weighted by Gasteiger charge is 2.30. The van der Waals surface area contributed by atoms with E-state index in [2.05, 4.69) is 20.1 Å². The van der Waals surface area contributed by atoms with E-state index in [0.717, 1.165) is 48.8 Å². The summed E-state index contributed by atoms with van der Waals surface area (Å²) < 4.78 is 40.0. The Hall–Kier alpha value is -2.03. The Balaban J connectivity index is 1.46. The number of hydrogen-bond acceptors (Lipinski definition) is 4. The number of nitrogens with one attached hydrogen (secondary N) is 1. The molecule has 1 fully saturated rings. The molecule has 2 aromatic rings. The van der Waals surface area contributed by atoms with Gasteiger partial charge in [0, 0.05) is 19.0 Å². The molecule has 29 heavy (non-hydrogen) atoms. The molecule has 0 radical (unpaired) electrons. The van der Waals surface area contributed by atoms with E-state index in [0.29, 0.717) is 18.2 Å². The number of alkyl halides is 3. The fraction of sp³-hybridized carbons (Fsp3) is 0.550. The van der Waals surface area contributed by atoms with E-state index >= 15 is 0 Å². The van der Waals surface area contributed by atoms with Crippen molar-refractivity contribution < 1.29 is 18.0 Å². The van der Waals surface area contributed by atoms with Gasteiger partial charge in [-0.25, -0.2) is 0 Å². The Kier molecular flexibility index (Phi) is 7.21.